The Labute approximate surface area is 136 Å². The Morgan fingerprint density at radius 2 is 1.83 bits per heavy atom. The van der Waals surface area contributed by atoms with E-state index in [0.29, 0.717) is 5.75 Å². The van der Waals surface area contributed by atoms with Crippen LogP contribution in [0.3, 0.4) is 0 Å². The topological polar surface area (TPSA) is 59.5 Å². The number of aryl methyl sites for hydroxylation is 1. The van der Waals surface area contributed by atoms with E-state index in [4.69, 9.17) is 9.47 Å². The minimum atomic E-state index is 0.711. The number of anilines is 3. The van der Waals surface area contributed by atoms with Crippen molar-refractivity contribution in [3.63, 3.8) is 0 Å². The first kappa shape index (κ1) is 15.4. The van der Waals surface area contributed by atoms with Gasteiger partial charge in [-0.15, -0.1) is 0 Å². The second-order valence-electron chi connectivity index (χ2n) is 5.58. The van der Waals surface area contributed by atoms with Crippen molar-refractivity contribution in [2.45, 2.75) is 19.8 Å². The number of rotatable bonds is 5. The third-order valence-electron chi connectivity index (χ3n) is 3.90. The highest BCUT2D eigenvalue weighted by atomic mass is 16.5. The summed E-state index contributed by atoms with van der Waals surface area (Å²) in [5, 5.41) is 3.32. The molecule has 0 amide bonds. The van der Waals surface area contributed by atoms with E-state index >= 15 is 0 Å². The van der Waals surface area contributed by atoms with Crippen LogP contribution in [-0.2, 0) is 0 Å². The van der Waals surface area contributed by atoms with Gasteiger partial charge in [-0.3, -0.25) is 0 Å². The summed E-state index contributed by atoms with van der Waals surface area (Å²) in [5.41, 5.74) is 1.79. The van der Waals surface area contributed by atoms with Gasteiger partial charge in [0.2, 0.25) is 5.95 Å². The third kappa shape index (κ3) is 3.47. The number of benzene rings is 1. The van der Waals surface area contributed by atoms with Crippen molar-refractivity contribution in [1.29, 1.82) is 0 Å². The first-order valence-electron chi connectivity index (χ1n) is 7.79. The molecule has 0 unspecified atom stereocenters. The van der Waals surface area contributed by atoms with Gasteiger partial charge in [-0.05, 0) is 31.9 Å². The van der Waals surface area contributed by atoms with E-state index in [0.717, 1.165) is 42.0 Å². The number of nitrogens with one attached hydrogen (secondary N) is 1. The van der Waals surface area contributed by atoms with Crippen LogP contribution < -0.4 is 19.7 Å². The molecule has 1 saturated heterocycles. The Balaban J connectivity index is 1.87. The van der Waals surface area contributed by atoms with E-state index in [-0.39, 0.29) is 0 Å². The zero-order chi connectivity index (χ0) is 16.2. The summed E-state index contributed by atoms with van der Waals surface area (Å²) in [6, 6.07) is 7.59. The Morgan fingerprint density at radius 3 is 2.52 bits per heavy atom. The van der Waals surface area contributed by atoms with E-state index in [1.165, 1.54) is 12.8 Å². The highest BCUT2D eigenvalue weighted by Crippen LogP contribution is 2.31. The lowest BCUT2D eigenvalue weighted by Crippen LogP contribution is -2.21. The van der Waals surface area contributed by atoms with Gasteiger partial charge in [0.1, 0.15) is 17.3 Å². The molecule has 2 aromatic rings. The van der Waals surface area contributed by atoms with Gasteiger partial charge in [-0.2, -0.15) is 4.98 Å². The number of nitrogens with zero attached hydrogens (tertiary/aromatic N) is 3. The van der Waals surface area contributed by atoms with Crippen LogP contribution in [0.15, 0.2) is 24.3 Å². The van der Waals surface area contributed by atoms with Crippen LogP contribution in [0.1, 0.15) is 18.5 Å². The predicted octanol–water partition coefficient (Wildman–Crippen LogP) is 3.15. The molecule has 6 heteroatoms. The van der Waals surface area contributed by atoms with Gasteiger partial charge in [0.05, 0.1) is 19.9 Å². The molecule has 23 heavy (non-hydrogen) atoms. The number of hydrogen-bond acceptors (Lipinski definition) is 6. The average molecular weight is 314 g/mol. The number of ether oxygens (including phenoxy) is 2. The Morgan fingerprint density at radius 1 is 1.04 bits per heavy atom. The van der Waals surface area contributed by atoms with Crippen LogP contribution in [-0.4, -0.2) is 37.3 Å². The van der Waals surface area contributed by atoms with Crippen molar-refractivity contribution >= 4 is 17.5 Å². The summed E-state index contributed by atoms with van der Waals surface area (Å²) in [7, 11) is 3.28. The fourth-order valence-electron chi connectivity index (χ4n) is 2.72. The second-order valence-corrected chi connectivity index (χ2v) is 5.58. The molecule has 0 atom stereocenters. The monoisotopic (exact) mass is 314 g/mol. The zero-order valence-corrected chi connectivity index (χ0v) is 13.8. The largest absolute Gasteiger partial charge is 0.497 e. The van der Waals surface area contributed by atoms with Crippen molar-refractivity contribution in [3.8, 4) is 11.5 Å². The van der Waals surface area contributed by atoms with Gasteiger partial charge < -0.3 is 19.7 Å². The SMILES string of the molecule is COc1ccc(Nc2cc(C)nc(N3CCCC3)n2)c(OC)c1. The first-order valence-corrected chi connectivity index (χ1v) is 7.79. The smallest absolute Gasteiger partial charge is 0.227 e. The lowest BCUT2D eigenvalue weighted by molar-refractivity contribution is 0.395. The highest BCUT2D eigenvalue weighted by molar-refractivity contribution is 5.66. The van der Waals surface area contributed by atoms with Gasteiger partial charge in [0.25, 0.3) is 0 Å². The number of hydrogen-bond donors (Lipinski definition) is 1. The lowest BCUT2D eigenvalue weighted by atomic mass is 10.2. The molecule has 0 saturated carbocycles. The van der Waals surface area contributed by atoms with Gasteiger partial charge in [0.15, 0.2) is 0 Å². The summed E-state index contributed by atoms with van der Waals surface area (Å²) in [4.78, 5) is 11.4. The quantitative estimate of drug-likeness (QED) is 0.915. The van der Waals surface area contributed by atoms with E-state index in [1.807, 2.05) is 31.2 Å². The Kier molecular flexibility index (Phi) is 4.50. The van der Waals surface area contributed by atoms with Gasteiger partial charge >= 0.3 is 0 Å². The zero-order valence-electron chi connectivity index (χ0n) is 13.8. The van der Waals surface area contributed by atoms with E-state index < -0.39 is 0 Å². The molecule has 0 aliphatic carbocycles. The van der Waals surface area contributed by atoms with Gasteiger partial charge in [-0.1, -0.05) is 0 Å². The summed E-state index contributed by atoms with van der Waals surface area (Å²) in [6.45, 7) is 4.03. The molecular weight excluding hydrogens is 292 g/mol. The van der Waals surface area contributed by atoms with Crippen LogP contribution in [0, 0.1) is 6.92 Å². The number of aromatic nitrogens is 2. The van der Waals surface area contributed by atoms with Crippen LogP contribution >= 0.6 is 0 Å². The molecule has 1 aliphatic rings. The van der Waals surface area contributed by atoms with Gasteiger partial charge in [-0.25, -0.2) is 4.98 Å². The van der Waals surface area contributed by atoms with Crippen molar-refractivity contribution in [2.24, 2.45) is 0 Å². The first-order chi connectivity index (χ1) is 11.2. The molecule has 0 radical (unpaired) electrons. The molecule has 0 spiro atoms. The maximum Gasteiger partial charge on any atom is 0.227 e. The predicted molar refractivity (Wildman–Crippen MR) is 91.0 cm³/mol. The summed E-state index contributed by atoms with van der Waals surface area (Å²) in [6.07, 6.45) is 2.40. The van der Waals surface area contributed by atoms with Crippen LogP contribution in [0.25, 0.3) is 0 Å². The second kappa shape index (κ2) is 6.73. The fraction of sp³-hybridized carbons (Fsp3) is 0.412. The van der Waals surface area contributed by atoms with E-state index in [1.54, 1.807) is 14.2 Å². The molecule has 0 bridgehead atoms. The molecule has 1 fully saturated rings. The molecule has 122 valence electrons. The van der Waals surface area contributed by atoms with Crippen LogP contribution in [0.4, 0.5) is 17.5 Å². The summed E-state index contributed by atoms with van der Waals surface area (Å²) < 4.78 is 10.7. The Hall–Kier alpha value is -2.50. The minimum Gasteiger partial charge on any atom is -0.497 e. The highest BCUT2D eigenvalue weighted by Gasteiger charge is 2.16. The molecule has 1 aromatic heterocycles. The fourth-order valence-corrected chi connectivity index (χ4v) is 2.72. The standard InChI is InChI=1S/C17H22N4O2/c1-12-10-16(20-17(18-12)21-8-4-5-9-21)19-14-7-6-13(22-2)11-15(14)23-3/h6-7,10-11H,4-5,8-9H2,1-3H3,(H,18,19,20). The normalized spacial score (nSPS) is 14.0. The van der Waals surface area contributed by atoms with E-state index in [9.17, 15) is 0 Å². The molecule has 1 N–H and O–H groups in total. The molecule has 1 aliphatic heterocycles. The average Bonchev–Trinajstić information content (AvgIpc) is 3.09. The van der Waals surface area contributed by atoms with Crippen molar-refractivity contribution in [1.82, 2.24) is 9.97 Å². The van der Waals surface area contributed by atoms with Crippen LogP contribution in [0.5, 0.6) is 11.5 Å². The Bertz CT molecular complexity index is 684. The van der Waals surface area contributed by atoms with Crippen molar-refractivity contribution in [2.75, 3.05) is 37.5 Å². The van der Waals surface area contributed by atoms with E-state index in [2.05, 4.69) is 20.2 Å². The molecular formula is C17H22N4O2. The van der Waals surface area contributed by atoms with Crippen LogP contribution in [0.2, 0.25) is 0 Å². The van der Waals surface area contributed by atoms with Crippen molar-refractivity contribution in [3.05, 3.63) is 30.0 Å². The minimum absolute atomic E-state index is 0.711. The van der Waals surface area contributed by atoms with Gasteiger partial charge in [0, 0.05) is 30.9 Å². The molecule has 1 aromatic carbocycles. The lowest BCUT2D eigenvalue weighted by Gasteiger charge is -2.17. The maximum absolute atomic E-state index is 5.42. The summed E-state index contributed by atoms with van der Waals surface area (Å²) >= 11 is 0. The third-order valence-corrected chi connectivity index (χ3v) is 3.90. The molecule has 6 nitrogen and oxygen atoms in total. The number of methoxy groups -OCH3 is 2. The van der Waals surface area contributed by atoms with Crippen molar-refractivity contribution < 1.29 is 9.47 Å². The maximum atomic E-state index is 5.42. The molecule has 2 heterocycles. The summed E-state index contributed by atoms with van der Waals surface area (Å²) in [5.74, 6) is 3.02. The molecule has 3 rings (SSSR count).